The Bertz CT molecular complexity index is 278. The lowest BCUT2D eigenvalue weighted by atomic mass is 10.3. The number of amides is 1. The number of likely N-dealkylation sites (tertiary alicyclic amines) is 1. The van der Waals surface area contributed by atoms with Crippen LogP contribution >= 0.6 is 0 Å². The summed E-state index contributed by atoms with van der Waals surface area (Å²) in [7, 11) is 0. The molecule has 0 aromatic carbocycles. The van der Waals surface area contributed by atoms with Crippen LogP contribution < -0.4 is 0 Å². The fraction of sp³-hybridized carbons (Fsp3) is 0.778. The number of nitrogens with zero attached hydrogens (tertiary/aromatic N) is 1. The molecule has 14 heavy (non-hydrogen) atoms. The average Bonchev–Trinajstić information content (AvgIpc) is 2.82. The van der Waals surface area contributed by atoms with Gasteiger partial charge in [0.05, 0.1) is 17.9 Å². The van der Waals surface area contributed by atoms with Crippen LogP contribution in [0.4, 0.5) is 0 Å². The first-order valence-corrected chi connectivity index (χ1v) is 4.79. The van der Waals surface area contributed by atoms with Crippen molar-refractivity contribution in [2.75, 3.05) is 13.1 Å². The average molecular weight is 199 g/mol. The number of hydrogen-bond acceptors (Lipinski definition) is 3. The summed E-state index contributed by atoms with van der Waals surface area (Å²) in [6, 6.07) is 0. The third kappa shape index (κ3) is 1.59. The lowest BCUT2D eigenvalue weighted by molar-refractivity contribution is -0.141. The predicted octanol–water partition coefficient (Wildman–Crippen LogP) is -0.700. The van der Waals surface area contributed by atoms with E-state index < -0.39 is 18.0 Å². The Hall–Kier alpha value is -1.10. The van der Waals surface area contributed by atoms with E-state index in [0.717, 1.165) is 0 Å². The molecule has 1 heterocycles. The summed E-state index contributed by atoms with van der Waals surface area (Å²) in [5, 5.41) is 17.9. The summed E-state index contributed by atoms with van der Waals surface area (Å²) in [5.74, 6) is -1.81. The molecule has 5 nitrogen and oxygen atoms in total. The SMILES string of the molecule is O=C(O)[C@H]1C[C@H]1C(=O)N1CCC(O)C1. The van der Waals surface area contributed by atoms with Gasteiger partial charge in [-0.1, -0.05) is 0 Å². The minimum atomic E-state index is -0.886. The monoisotopic (exact) mass is 199 g/mol. The molecular weight excluding hydrogens is 186 g/mol. The topological polar surface area (TPSA) is 77.8 Å². The van der Waals surface area contributed by atoms with E-state index in [4.69, 9.17) is 5.11 Å². The summed E-state index contributed by atoms with van der Waals surface area (Å²) < 4.78 is 0. The Morgan fingerprint density at radius 2 is 2.00 bits per heavy atom. The number of carbonyl (C=O) groups is 2. The van der Waals surface area contributed by atoms with Crippen LogP contribution in [0.1, 0.15) is 12.8 Å². The van der Waals surface area contributed by atoms with Gasteiger partial charge in [-0.05, 0) is 12.8 Å². The molecule has 1 aliphatic carbocycles. The second-order valence-corrected chi connectivity index (χ2v) is 4.01. The molecule has 78 valence electrons. The summed E-state index contributed by atoms with van der Waals surface area (Å²) in [6.07, 6.45) is 0.637. The first-order chi connectivity index (χ1) is 6.59. The number of hydrogen-bond donors (Lipinski definition) is 2. The molecule has 5 heteroatoms. The van der Waals surface area contributed by atoms with Gasteiger partial charge in [-0.15, -0.1) is 0 Å². The number of aliphatic hydroxyl groups is 1. The van der Waals surface area contributed by atoms with Gasteiger partial charge in [0.2, 0.25) is 5.91 Å². The van der Waals surface area contributed by atoms with Gasteiger partial charge in [0, 0.05) is 13.1 Å². The fourth-order valence-corrected chi connectivity index (χ4v) is 1.92. The molecule has 1 amide bonds. The van der Waals surface area contributed by atoms with Crippen molar-refractivity contribution in [1.82, 2.24) is 4.90 Å². The third-order valence-corrected chi connectivity index (χ3v) is 2.90. The van der Waals surface area contributed by atoms with Crippen LogP contribution in [0, 0.1) is 11.8 Å². The zero-order valence-corrected chi connectivity index (χ0v) is 7.72. The van der Waals surface area contributed by atoms with Crippen molar-refractivity contribution < 1.29 is 19.8 Å². The van der Waals surface area contributed by atoms with Gasteiger partial charge in [-0.25, -0.2) is 0 Å². The summed E-state index contributed by atoms with van der Waals surface area (Å²) in [4.78, 5) is 23.7. The maximum absolute atomic E-state index is 11.6. The molecule has 1 saturated carbocycles. The van der Waals surface area contributed by atoms with Crippen LogP contribution in [0.5, 0.6) is 0 Å². The highest BCUT2D eigenvalue weighted by Gasteiger charge is 2.50. The van der Waals surface area contributed by atoms with E-state index in [2.05, 4.69) is 0 Å². The van der Waals surface area contributed by atoms with Crippen molar-refractivity contribution in [3.05, 3.63) is 0 Å². The molecule has 0 bridgehead atoms. The van der Waals surface area contributed by atoms with Crippen LogP contribution in [0.25, 0.3) is 0 Å². The minimum absolute atomic E-state index is 0.103. The van der Waals surface area contributed by atoms with Crippen molar-refractivity contribution in [1.29, 1.82) is 0 Å². The van der Waals surface area contributed by atoms with Crippen molar-refractivity contribution in [2.24, 2.45) is 11.8 Å². The van der Waals surface area contributed by atoms with Gasteiger partial charge in [-0.2, -0.15) is 0 Å². The van der Waals surface area contributed by atoms with Gasteiger partial charge < -0.3 is 15.1 Å². The first-order valence-electron chi connectivity index (χ1n) is 4.79. The van der Waals surface area contributed by atoms with E-state index in [0.29, 0.717) is 25.9 Å². The maximum Gasteiger partial charge on any atom is 0.307 e. The third-order valence-electron chi connectivity index (χ3n) is 2.90. The van der Waals surface area contributed by atoms with Crippen LogP contribution in [0.15, 0.2) is 0 Å². The molecule has 1 unspecified atom stereocenters. The smallest absolute Gasteiger partial charge is 0.307 e. The van der Waals surface area contributed by atoms with E-state index in [9.17, 15) is 14.7 Å². The summed E-state index contributed by atoms with van der Waals surface area (Å²) >= 11 is 0. The molecule has 2 aliphatic rings. The number of carboxylic acid groups (broad SMARTS) is 1. The lowest BCUT2D eigenvalue weighted by Gasteiger charge is -2.14. The zero-order chi connectivity index (χ0) is 10.3. The molecule has 1 aliphatic heterocycles. The highest BCUT2D eigenvalue weighted by atomic mass is 16.4. The predicted molar refractivity (Wildman–Crippen MR) is 46.4 cm³/mol. The molecule has 0 aromatic rings. The number of aliphatic carboxylic acids is 1. The fourth-order valence-electron chi connectivity index (χ4n) is 1.92. The van der Waals surface area contributed by atoms with Crippen LogP contribution in [-0.2, 0) is 9.59 Å². The number of carbonyl (C=O) groups excluding carboxylic acids is 1. The largest absolute Gasteiger partial charge is 0.481 e. The molecule has 2 fully saturated rings. The quantitative estimate of drug-likeness (QED) is 0.616. The van der Waals surface area contributed by atoms with E-state index in [1.54, 1.807) is 4.90 Å². The second kappa shape index (κ2) is 3.24. The van der Waals surface area contributed by atoms with E-state index >= 15 is 0 Å². The Kier molecular flexibility index (Phi) is 2.19. The normalized spacial score (nSPS) is 35.8. The van der Waals surface area contributed by atoms with Crippen LogP contribution in [-0.4, -0.2) is 46.2 Å². The van der Waals surface area contributed by atoms with Crippen LogP contribution in [0.2, 0.25) is 0 Å². The van der Waals surface area contributed by atoms with Crippen LogP contribution in [0.3, 0.4) is 0 Å². The Morgan fingerprint density at radius 3 is 2.43 bits per heavy atom. The molecule has 3 atom stereocenters. The molecule has 1 saturated heterocycles. The lowest BCUT2D eigenvalue weighted by Crippen LogP contribution is -2.31. The second-order valence-electron chi connectivity index (χ2n) is 4.01. The summed E-state index contributed by atoms with van der Waals surface area (Å²) in [6.45, 7) is 0.921. The summed E-state index contributed by atoms with van der Waals surface area (Å²) in [5.41, 5.74) is 0. The molecule has 0 spiro atoms. The number of β-amino-alcohol motifs (C(OH)–C–C–N with tert-alkyl or cyclic N) is 1. The van der Waals surface area contributed by atoms with E-state index in [1.807, 2.05) is 0 Å². The van der Waals surface area contributed by atoms with Crippen molar-refractivity contribution >= 4 is 11.9 Å². The van der Waals surface area contributed by atoms with E-state index in [1.165, 1.54) is 0 Å². The zero-order valence-electron chi connectivity index (χ0n) is 7.72. The molecule has 0 radical (unpaired) electrons. The van der Waals surface area contributed by atoms with Gasteiger partial charge >= 0.3 is 5.97 Å². The maximum atomic E-state index is 11.6. The Morgan fingerprint density at radius 1 is 1.29 bits per heavy atom. The highest BCUT2D eigenvalue weighted by molar-refractivity contribution is 5.89. The standard InChI is InChI=1S/C9H13NO4/c11-5-1-2-10(4-5)8(12)6-3-7(6)9(13)14/h5-7,11H,1-4H2,(H,13,14)/t5?,6-,7+/m1/s1. The van der Waals surface area contributed by atoms with Gasteiger partial charge in [-0.3, -0.25) is 9.59 Å². The molecule has 0 aromatic heterocycles. The molecule has 2 N–H and O–H groups in total. The first kappa shape index (κ1) is 9.45. The Labute approximate surface area is 81.3 Å². The number of carboxylic acids is 1. The highest BCUT2D eigenvalue weighted by Crippen LogP contribution is 2.40. The number of aliphatic hydroxyl groups excluding tert-OH is 1. The Balaban J connectivity index is 1.88. The van der Waals surface area contributed by atoms with Crippen molar-refractivity contribution in [3.8, 4) is 0 Å². The van der Waals surface area contributed by atoms with Gasteiger partial charge in [0.1, 0.15) is 0 Å². The van der Waals surface area contributed by atoms with Gasteiger partial charge in [0.25, 0.3) is 0 Å². The minimum Gasteiger partial charge on any atom is -0.481 e. The van der Waals surface area contributed by atoms with Crippen molar-refractivity contribution in [3.63, 3.8) is 0 Å². The van der Waals surface area contributed by atoms with Crippen molar-refractivity contribution in [2.45, 2.75) is 18.9 Å². The molecule has 2 rings (SSSR count). The number of rotatable bonds is 2. The van der Waals surface area contributed by atoms with E-state index in [-0.39, 0.29) is 11.8 Å². The van der Waals surface area contributed by atoms with Gasteiger partial charge in [0.15, 0.2) is 0 Å². The molecular formula is C9H13NO4.